The van der Waals surface area contributed by atoms with E-state index in [9.17, 15) is 26.7 Å². The summed E-state index contributed by atoms with van der Waals surface area (Å²) in [6.45, 7) is 3.73. The van der Waals surface area contributed by atoms with Crippen LogP contribution in [0.15, 0.2) is 46.9 Å². The summed E-state index contributed by atoms with van der Waals surface area (Å²) in [5.41, 5.74) is -0.874. The predicted octanol–water partition coefficient (Wildman–Crippen LogP) is 4.22. The normalized spacial score (nSPS) is 11.5. The lowest BCUT2D eigenvalue weighted by atomic mass is 10.2. The van der Waals surface area contributed by atoms with Crippen molar-refractivity contribution in [3.63, 3.8) is 0 Å². The highest BCUT2D eigenvalue weighted by molar-refractivity contribution is 7.98. The van der Waals surface area contributed by atoms with Crippen LogP contribution < -0.4 is 5.56 Å². The zero-order valence-electron chi connectivity index (χ0n) is 15.0. The quantitative estimate of drug-likeness (QED) is 0.154. The molecule has 0 N–H and O–H groups in total. The Morgan fingerprint density at radius 3 is 2.27 bits per heavy atom. The van der Waals surface area contributed by atoms with Crippen molar-refractivity contribution in [3.8, 4) is 0 Å². The molecule has 0 saturated carbocycles. The number of nitrogens with zero attached hydrogens (tertiary/aromatic N) is 4. The number of allylic oxidation sites excluding steroid dienone is 1. The van der Waals surface area contributed by atoms with Gasteiger partial charge >= 0.3 is 0 Å². The number of para-hydroxylation sites is 1. The van der Waals surface area contributed by atoms with Gasteiger partial charge in [0.25, 0.3) is 5.56 Å². The zero-order chi connectivity index (χ0) is 21.6. The fourth-order valence-electron chi connectivity index (χ4n) is 3.03. The Balaban J connectivity index is 1.86. The molecule has 30 heavy (non-hydrogen) atoms. The highest BCUT2D eigenvalue weighted by Gasteiger charge is 2.26. The molecule has 0 fully saturated rings. The summed E-state index contributed by atoms with van der Waals surface area (Å²) in [5, 5.41) is 8.36. The van der Waals surface area contributed by atoms with Crippen molar-refractivity contribution >= 4 is 28.4 Å². The summed E-state index contributed by atoms with van der Waals surface area (Å²) in [4.78, 5) is 12.7. The van der Waals surface area contributed by atoms with Crippen LogP contribution in [0.25, 0.3) is 16.7 Å². The molecule has 0 atom stereocenters. The summed E-state index contributed by atoms with van der Waals surface area (Å²) in [6, 6.07) is 6.57. The van der Waals surface area contributed by atoms with Crippen LogP contribution in [0.4, 0.5) is 22.0 Å². The van der Waals surface area contributed by atoms with Crippen LogP contribution in [0.5, 0.6) is 0 Å². The van der Waals surface area contributed by atoms with Crippen LogP contribution in [0, 0.1) is 29.1 Å². The van der Waals surface area contributed by atoms with Crippen molar-refractivity contribution in [2.75, 3.05) is 0 Å². The molecule has 2 aromatic heterocycles. The minimum absolute atomic E-state index is 0.114. The molecule has 4 aromatic rings. The van der Waals surface area contributed by atoms with Gasteiger partial charge in [0.15, 0.2) is 28.4 Å². The van der Waals surface area contributed by atoms with E-state index >= 15 is 0 Å². The van der Waals surface area contributed by atoms with Gasteiger partial charge in [-0.05, 0) is 12.1 Å². The number of hydrogen-bond acceptors (Lipinski definition) is 4. The van der Waals surface area contributed by atoms with Crippen molar-refractivity contribution in [2.45, 2.75) is 17.5 Å². The number of fused-ring (bicyclic) bond motifs is 3. The smallest absolute Gasteiger partial charge is 0.263 e. The maximum Gasteiger partial charge on any atom is 0.263 e. The third-order valence-corrected chi connectivity index (χ3v) is 5.39. The van der Waals surface area contributed by atoms with Gasteiger partial charge < -0.3 is 0 Å². The van der Waals surface area contributed by atoms with Crippen LogP contribution in [0.2, 0.25) is 0 Å². The molecule has 0 bridgehead atoms. The summed E-state index contributed by atoms with van der Waals surface area (Å²) in [6.07, 6.45) is 1.49. The van der Waals surface area contributed by atoms with Gasteiger partial charge in [-0.2, -0.15) is 0 Å². The minimum atomic E-state index is -2.22. The first-order valence-corrected chi connectivity index (χ1v) is 9.46. The van der Waals surface area contributed by atoms with E-state index in [1.54, 1.807) is 24.3 Å². The topological polar surface area (TPSA) is 52.2 Å². The monoisotopic (exact) mass is 438 g/mol. The van der Waals surface area contributed by atoms with Crippen LogP contribution in [-0.2, 0) is 12.3 Å². The van der Waals surface area contributed by atoms with Gasteiger partial charge in [-0.15, -0.1) is 16.8 Å². The fourth-order valence-corrected chi connectivity index (χ4v) is 3.97. The minimum Gasteiger partial charge on any atom is -0.272 e. The second-order valence-corrected chi connectivity index (χ2v) is 7.12. The lowest BCUT2D eigenvalue weighted by Gasteiger charge is -2.10. The van der Waals surface area contributed by atoms with Gasteiger partial charge in [-0.3, -0.25) is 13.8 Å². The van der Waals surface area contributed by atoms with Crippen LogP contribution in [0.3, 0.4) is 0 Å². The maximum atomic E-state index is 14.0. The van der Waals surface area contributed by atoms with E-state index in [-0.39, 0.29) is 23.0 Å². The van der Waals surface area contributed by atoms with Crippen molar-refractivity contribution in [1.82, 2.24) is 19.2 Å². The number of hydrogen-bond donors (Lipinski definition) is 0. The lowest BCUT2D eigenvalue weighted by molar-refractivity contribution is 0.372. The van der Waals surface area contributed by atoms with E-state index < -0.39 is 40.4 Å². The second-order valence-electron chi connectivity index (χ2n) is 6.18. The first-order chi connectivity index (χ1) is 14.4. The van der Waals surface area contributed by atoms with Crippen molar-refractivity contribution in [2.24, 2.45) is 0 Å². The SMILES string of the molecule is C=CCn1c(=O)c2ccccc2n2c(SCc3c(F)c(F)c(F)c(F)c3F)nnc12. The van der Waals surface area contributed by atoms with Crippen LogP contribution in [0.1, 0.15) is 5.56 Å². The van der Waals surface area contributed by atoms with E-state index in [0.29, 0.717) is 10.9 Å². The summed E-state index contributed by atoms with van der Waals surface area (Å²) < 4.78 is 70.9. The molecule has 5 nitrogen and oxygen atoms in total. The Hall–Kier alpha value is -3.21. The van der Waals surface area contributed by atoms with E-state index in [4.69, 9.17) is 0 Å². The van der Waals surface area contributed by atoms with E-state index in [0.717, 1.165) is 11.8 Å². The van der Waals surface area contributed by atoms with Gasteiger partial charge in [0.05, 0.1) is 10.9 Å². The highest BCUT2D eigenvalue weighted by Crippen LogP contribution is 2.30. The molecule has 4 rings (SSSR count). The zero-order valence-corrected chi connectivity index (χ0v) is 15.8. The number of halogens is 5. The Morgan fingerprint density at radius 2 is 1.60 bits per heavy atom. The average Bonchev–Trinajstić information content (AvgIpc) is 3.18. The summed E-state index contributed by atoms with van der Waals surface area (Å²) in [7, 11) is 0. The molecule has 0 spiro atoms. The van der Waals surface area contributed by atoms with E-state index in [1.165, 1.54) is 15.0 Å². The Kier molecular flexibility index (Phi) is 5.06. The summed E-state index contributed by atoms with van der Waals surface area (Å²) in [5.74, 6) is -10.5. The van der Waals surface area contributed by atoms with Gasteiger partial charge in [0.1, 0.15) is 0 Å². The molecule has 0 unspecified atom stereocenters. The molecule has 0 radical (unpaired) electrons. The third-order valence-electron chi connectivity index (χ3n) is 4.44. The van der Waals surface area contributed by atoms with Crippen LogP contribution >= 0.6 is 11.8 Å². The molecule has 2 heterocycles. The number of thioether (sulfide) groups is 1. The van der Waals surface area contributed by atoms with Crippen molar-refractivity contribution < 1.29 is 22.0 Å². The molecule has 0 aliphatic heterocycles. The number of benzene rings is 2. The second kappa shape index (κ2) is 7.56. The number of aromatic nitrogens is 4. The molecule has 2 aromatic carbocycles. The Labute approximate surface area is 169 Å². The predicted molar refractivity (Wildman–Crippen MR) is 101 cm³/mol. The molecule has 0 saturated heterocycles. The molecular weight excluding hydrogens is 427 g/mol. The molecule has 11 heteroatoms. The first kappa shape index (κ1) is 20.1. The largest absolute Gasteiger partial charge is 0.272 e. The van der Waals surface area contributed by atoms with Gasteiger partial charge in [0, 0.05) is 17.9 Å². The van der Waals surface area contributed by atoms with Gasteiger partial charge in [0.2, 0.25) is 11.6 Å². The maximum absolute atomic E-state index is 14.0. The Bertz CT molecular complexity index is 1350. The average molecular weight is 438 g/mol. The summed E-state index contributed by atoms with van der Waals surface area (Å²) >= 11 is 0.721. The standard InChI is InChI=1S/C19H11F5N4OS/c1-2-7-27-17(29)9-5-3-4-6-11(9)28-18(27)25-26-19(28)30-8-10-12(20)14(22)16(24)15(23)13(10)21/h2-6H,1,7-8H2. The lowest BCUT2D eigenvalue weighted by Crippen LogP contribution is -2.22. The first-order valence-electron chi connectivity index (χ1n) is 8.47. The fraction of sp³-hybridized carbons (Fsp3) is 0.105. The molecular formula is C19H11F5N4OS. The molecule has 0 aliphatic carbocycles. The molecule has 0 aliphatic rings. The van der Waals surface area contributed by atoms with Gasteiger partial charge in [-0.1, -0.05) is 30.0 Å². The third kappa shape index (κ3) is 2.96. The molecule has 0 amide bonds. The van der Waals surface area contributed by atoms with Crippen molar-refractivity contribution in [3.05, 3.63) is 81.9 Å². The highest BCUT2D eigenvalue weighted by atomic mass is 32.2. The van der Waals surface area contributed by atoms with Crippen molar-refractivity contribution in [1.29, 1.82) is 0 Å². The number of rotatable bonds is 5. The van der Waals surface area contributed by atoms with E-state index in [2.05, 4.69) is 16.8 Å². The van der Waals surface area contributed by atoms with Gasteiger partial charge in [-0.25, -0.2) is 22.0 Å². The molecule has 154 valence electrons. The van der Waals surface area contributed by atoms with E-state index in [1.807, 2.05) is 0 Å². The Morgan fingerprint density at radius 1 is 0.967 bits per heavy atom. The van der Waals surface area contributed by atoms with Crippen LogP contribution in [-0.4, -0.2) is 19.2 Å².